The van der Waals surface area contributed by atoms with Gasteiger partial charge in [-0.25, -0.2) is 0 Å². The normalized spacial score (nSPS) is 13.6. The molecule has 0 aromatic heterocycles. The number of carbonyl (C=O) groups excluding carboxylic acids is 2. The van der Waals surface area contributed by atoms with Gasteiger partial charge >= 0.3 is 0 Å². The summed E-state index contributed by atoms with van der Waals surface area (Å²) in [5, 5.41) is 2.86. The van der Waals surface area contributed by atoms with E-state index in [2.05, 4.69) is 5.32 Å². The van der Waals surface area contributed by atoms with Crippen molar-refractivity contribution in [1.29, 1.82) is 0 Å². The predicted molar refractivity (Wildman–Crippen MR) is 73.6 cm³/mol. The van der Waals surface area contributed by atoms with Crippen LogP contribution in [0.3, 0.4) is 0 Å². The van der Waals surface area contributed by atoms with Gasteiger partial charge in [-0.15, -0.1) is 0 Å². The van der Waals surface area contributed by atoms with E-state index in [1.807, 2.05) is 37.2 Å². The molecule has 1 aromatic carbocycles. The number of fused-ring (bicyclic) bond motifs is 1. The lowest BCUT2D eigenvalue weighted by atomic mass is 10.1. The van der Waals surface area contributed by atoms with Gasteiger partial charge in [-0.05, 0) is 37.4 Å². The molecule has 1 N–H and O–H groups in total. The van der Waals surface area contributed by atoms with E-state index in [0.717, 1.165) is 16.8 Å². The highest BCUT2D eigenvalue weighted by molar-refractivity contribution is 5.92. The van der Waals surface area contributed by atoms with Gasteiger partial charge in [-0.2, -0.15) is 0 Å². The van der Waals surface area contributed by atoms with Crippen molar-refractivity contribution in [3.63, 3.8) is 0 Å². The Balaban J connectivity index is 2.05. The van der Waals surface area contributed by atoms with Gasteiger partial charge in [0.05, 0.1) is 6.54 Å². The van der Waals surface area contributed by atoms with Crippen LogP contribution in [0.15, 0.2) is 18.2 Å². The molecule has 0 saturated carbocycles. The summed E-state index contributed by atoms with van der Waals surface area (Å²) in [7, 11) is 3.71. The average Bonchev–Trinajstić information content (AvgIpc) is 2.70. The van der Waals surface area contributed by atoms with Crippen LogP contribution >= 0.6 is 0 Å². The SMILES string of the molecule is CC(=O)N1Cc2ccc(NC(=O)CN(C)C)cc2C1. The number of carbonyl (C=O) groups is 2. The minimum Gasteiger partial charge on any atom is -0.334 e. The van der Waals surface area contributed by atoms with E-state index in [0.29, 0.717) is 19.6 Å². The third-order valence-electron chi connectivity index (χ3n) is 3.12. The molecule has 1 aromatic rings. The van der Waals surface area contributed by atoms with Crippen LogP contribution < -0.4 is 5.32 Å². The zero-order valence-electron chi connectivity index (χ0n) is 11.6. The maximum Gasteiger partial charge on any atom is 0.238 e. The molecule has 1 heterocycles. The Bertz CT molecular complexity index is 511. The van der Waals surface area contributed by atoms with E-state index in [1.165, 1.54) is 0 Å². The molecule has 102 valence electrons. The van der Waals surface area contributed by atoms with E-state index >= 15 is 0 Å². The number of hydrogen-bond acceptors (Lipinski definition) is 3. The van der Waals surface area contributed by atoms with E-state index < -0.39 is 0 Å². The van der Waals surface area contributed by atoms with Gasteiger partial charge in [0.2, 0.25) is 11.8 Å². The fourth-order valence-electron chi connectivity index (χ4n) is 2.18. The highest BCUT2D eigenvalue weighted by atomic mass is 16.2. The van der Waals surface area contributed by atoms with Gasteiger partial charge in [0.1, 0.15) is 0 Å². The van der Waals surface area contributed by atoms with Gasteiger partial charge < -0.3 is 15.1 Å². The van der Waals surface area contributed by atoms with Gasteiger partial charge in [-0.3, -0.25) is 9.59 Å². The van der Waals surface area contributed by atoms with Crippen molar-refractivity contribution in [3.8, 4) is 0 Å². The Kier molecular flexibility index (Phi) is 3.85. The summed E-state index contributed by atoms with van der Waals surface area (Å²) in [6.07, 6.45) is 0. The molecule has 1 aliphatic heterocycles. The second kappa shape index (κ2) is 5.40. The van der Waals surface area contributed by atoms with Crippen LogP contribution in [0.2, 0.25) is 0 Å². The van der Waals surface area contributed by atoms with E-state index in [1.54, 1.807) is 11.8 Å². The molecule has 0 spiro atoms. The Morgan fingerprint density at radius 2 is 1.95 bits per heavy atom. The average molecular weight is 261 g/mol. The molecule has 2 amide bonds. The topological polar surface area (TPSA) is 52.7 Å². The van der Waals surface area contributed by atoms with Crippen LogP contribution in [0, 0.1) is 0 Å². The summed E-state index contributed by atoms with van der Waals surface area (Å²) < 4.78 is 0. The first kappa shape index (κ1) is 13.5. The molecule has 0 radical (unpaired) electrons. The molecule has 0 unspecified atom stereocenters. The van der Waals surface area contributed by atoms with Crippen molar-refractivity contribution in [3.05, 3.63) is 29.3 Å². The number of nitrogens with zero attached hydrogens (tertiary/aromatic N) is 2. The van der Waals surface area contributed by atoms with Gasteiger partial charge in [0.15, 0.2) is 0 Å². The molecule has 0 fully saturated rings. The Labute approximate surface area is 113 Å². The smallest absolute Gasteiger partial charge is 0.238 e. The van der Waals surface area contributed by atoms with Crippen LogP contribution in [0.25, 0.3) is 0 Å². The van der Waals surface area contributed by atoms with Crippen molar-refractivity contribution in [1.82, 2.24) is 9.80 Å². The second-order valence-corrected chi connectivity index (χ2v) is 5.14. The zero-order valence-corrected chi connectivity index (χ0v) is 11.6. The zero-order chi connectivity index (χ0) is 14.0. The van der Waals surface area contributed by atoms with Gasteiger partial charge in [0.25, 0.3) is 0 Å². The molecule has 19 heavy (non-hydrogen) atoms. The largest absolute Gasteiger partial charge is 0.334 e. The van der Waals surface area contributed by atoms with Crippen LogP contribution in [-0.2, 0) is 22.7 Å². The molecule has 1 aliphatic rings. The number of anilines is 1. The molecule has 5 heteroatoms. The fourth-order valence-corrected chi connectivity index (χ4v) is 2.18. The Morgan fingerprint density at radius 3 is 2.58 bits per heavy atom. The predicted octanol–water partition coefficient (Wildman–Crippen LogP) is 1.05. The lowest BCUT2D eigenvalue weighted by Gasteiger charge is -2.11. The first-order valence-electron chi connectivity index (χ1n) is 6.27. The Hall–Kier alpha value is -1.88. The highest BCUT2D eigenvalue weighted by Gasteiger charge is 2.21. The fraction of sp³-hybridized carbons (Fsp3) is 0.429. The highest BCUT2D eigenvalue weighted by Crippen LogP contribution is 2.25. The van der Waals surface area contributed by atoms with Crippen molar-refractivity contribution >= 4 is 17.5 Å². The summed E-state index contributed by atoms with van der Waals surface area (Å²) in [6.45, 7) is 3.22. The number of nitrogens with one attached hydrogen (secondary N) is 1. The van der Waals surface area contributed by atoms with Crippen molar-refractivity contribution in [2.45, 2.75) is 20.0 Å². The van der Waals surface area contributed by atoms with Crippen molar-refractivity contribution in [2.24, 2.45) is 0 Å². The molecule has 0 bridgehead atoms. The number of amides is 2. The third kappa shape index (κ3) is 3.32. The lowest BCUT2D eigenvalue weighted by Crippen LogP contribution is -2.27. The van der Waals surface area contributed by atoms with Crippen molar-refractivity contribution < 1.29 is 9.59 Å². The minimum absolute atomic E-state index is 0.0358. The summed E-state index contributed by atoms with van der Waals surface area (Å²) >= 11 is 0. The molecule has 0 atom stereocenters. The first-order chi connectivity index (χ1) is 8.95. The second-order valence-electron chi connectivity index (χ2n) is 5.14. The Morgan fingerprint density at radius 1 is 1.26 bits per heavy atom. The van der Waals surface area contributed by atoms with Crippen LogP contribution in [0.5, 0.6) is 0 Å². The van der Waals surface area contributed by atoms with Crippen molar-refractivity contribution in [2.75, 3.05) is 26.0 Å². The first-order valence-corrected chi connectivity index (χ1v) is 6.27. The van der Waals surface area contributed by atoms with Crippen LogP contribution in [0.4, 0.5) is 5.69 Å². The summed E-state index contributed by atoms with van der Waals surface area (Å²) in [6, 6.07) is 5.81. The maximum absolute atomic E-state index is 11.7. The number of rotatable bonds is 3. The summed E-state index contributed by atoms with van der Waals surface area (Å²) in [5.74, 6) is 0.0424. The molecule has 2 rings (SSSR count). The summed E-state index contributed by atoms with van der Waals surface area (Å²) in [5.41, 5.74) is 3.05. The summed E-state index contributed by atoms with van der Waals surface area (Å²) in [4.78, 5) is 26.6. The molecule has 5 nitrogen and oxygen atoms in total. The molecular formula is C14H19N3O2. The van der Waals surface area contributed by atoms with E-state index in [9.17, 15) is 9.59 Å². The van der Waals surface area contributed by atoms with E-state index in [4.69, 9.17) is 0 Å². The van der Waals surface area contributed by atoms with Crippen LogP contribution in [0.1, 0.15) is 18.1 Å². The van der Waals surface area contributed by atoms with Gasteiger partial charge in [-0.1, -0.05) is 6.07 Å². The number of likely N-dealkylation sites (N-methyl/N-ethyl adjacent to an activating group) is 1. The lowest BCUT2D eigenvalue weighted by molar-refractivity contribution is -0.129. The van der Waals surface area contributed by atoms with Crippen LogP contribution in [-0.4, -0.2) is 42.3 Å². The minimum atomic E-state index is -0.0358. The maximum atomic E-state index is 11.7. The quantitative estimate of drug-likeness (QED) is 0.885. The molecule has 0 aliphatic carbocycles. The molecule has 0 saturated heterocycles. The van der Waals surface area contributed by atoms with Gasteiger partial charge in [0, 0.05) is 25.7 Å². The third-order valence-corrected chi connectivity index (χ3v) is 3.12. The number of benzene rings is 1. The monoisotopic (exact) mass is 261 g/mol. The molecular weight excluding hydrogens is 242 g/mol. The number of hydrogen-bond donors (Lipinski definition) is 1. The standard InChI is InChI=1S/C14H19N3O2/c1-10(18)17-7-11-4-5-13(6-12(11)8-17)15-14(19)9-16(2)3/h4-6H,7-9H2,1-3H3,(H,15,19). The van der Waals surface area contributed by atoms with E-state index in [-0.39, 0.29) is 11.8 Å².